The number of methoxy groups -OCH3 is 1. The molecule has 15 nitrogen and oxygen atoms in total. The van der Waals surface area contributed by atoms with Crippen LogP contribution in [0.25, 0.3) is 21.9 Å². The summed E-state index contributed by atoms with van der Waals surface area (Å²) in [5.41, 5.74) is 4.45. The molecule has 1 fully saturated rings. The molecule has 1 unspecified atom stereocenters. The number of hydrogen-bond acceptors (Lipinski definition) is 13. The van der Waals surface area contributed by atoms with E-state index in [2.05, 4.69) is 20.0 Å². The maximum absolute atomic E-state index is 14.3. The summed E-state index contributed by atoms with van der Waals surface area (Å²) in [5.74, 6) is -0.391. The Morgan fingerprint density at radius 2 is 1.98 bits per heavy atom. The third-order valence-electron chi connectivity index (χ3n) is 7.20. The molecule has 0 spiro atoms. The number of esters is 1. The highest BCUT2D eigenvalue weighted by atomic mass is 127. The zero-order chi connectivity index (χ0) is 32.5. The molecule has 2 aromatic carbocycles. The molecule has 0 bridgehead atoms. The Morgan fingerprint density at radius 3 is 2.71 bits per heavy atom. The molecule has 3 heterocycles. The van der Waals surface area contributed by atoms with E-state index in [1.54, 1.807) is 24.3 Å². The van der Waals surface area contributed by atoms with E-state index in [1.165, 1.54) is 25.5 Å². The van der Waals surface area contributed by atoms with E-state index in [4.69, 9.17) is 29.0 Å². The van der Waals surface area contributed by atoms with Crippen LogP contribution in [0, 0.1) is 3.83 Å². The third kappa shape index (κ3) is 6.72. The summed E-state index contributed by atoms with van der Waals surface area (Å²) in [7, 11) is -2.95. The number of imidazole rings is 1. The average molecular weight is 756 g/mol. The lowest BCUT2D eigenvalue weighted by Crippen LogP contribution is -2.45. The maximum atomic E-state index is 14.3. The Balaban J connectivity index is 1.43. The van der Waals surface area contributed by atoms with Crippen molar-refractivity contribution < 1.29 is 42.8 Å². The molecule has 1 saturated heterocycles. The quantitative estimate of drug-likeness (QED) is 0.0710. The number of aromatic nitrogens is 4. The highest BCUT2D eigenvalue weighted by molar-refractivity contribution is 14.1. The van der Waals surface area contributed by atoms with Gasteiger partial charge in [-0.25, -0.2) is 9.55 Å². The van der Waals surface area contributed by atoms with Gasteiger partial charge in [-0.05, 0) is 31.7 Å². The fraction of sp³-hybridized carbons (Fsp3) is 0.429. The summed E-state index contributed by atoms with van der Waals surface area (Å²) in [6.07, 6.45) is -3.37. The van der Waals surface area contributed by atoms with Crippen LogP contribution in [-0.2, 0) is 23.4 Å². The second kappa shape index (κ2) is 13.3. The van der Waals surface area contributed by atoms with E-state index in [9.17, 15) is 19.6 Å². The first-order chi connectivity index (χ1) is 21.4. The van der Waals surface area contributed by atoms with Gasteiger partial charge in [0.25, 0.3) is 0 Å². The van der Waals surface area contributed by atoms with Crippen LogP contribution >= 0.6 is 30.3 Å². The van der Waals surface area contributed by atoms with Crippen LogP contribution < -0.4 is 20.1 Å². The van der Waals surface area contributed by atoms with Crippen molar-refractivity contribution in [3.05, 3.63) is 46.3 Å². The smallest absolute Gasteiger partial charge is 0.459 e. The van der Waals surface area contributed by atoms with E-state index in [-0.39, 0.29) is 35.3 Å². The summed E-state index contributed by atoms with van der Waals surface area (Å²) in [6.45, 7) is 4.37. The number of anilines is 1. The first kappa shape index (κ1) is 33.2. The normalized spacial score (nSPS) is 23.6. The number of nitrogens with two attached hydrogens (primary N) is 1. The van der Waals surface area contributed by atoms with Crippen molar-refractivity contribution in [1.29, 1.82) is 0 Å². The predicted molar refractivity (Wildman–Crippen MR) is 172 cm³/mol. The Labute approximate surface area is 272 Å². The maximum Gasteiger partial charge on any atom is 0.459 e. The molecule has 0 amide bonds. The highest BCUT2D eigenvalue weighted by Gasteiger charge is 2.55. The van der Waals surface area contributed by atoms with Crippen LogP contribution in [0.2, 0.25) is 0 Å². The fourth-order valence-electron chi connectivity index (χ4n) is 4.93. The van der Waals surface area contributed by atoms with Crippen LogP contribution in [0.3, 0.4) is 0 Å². The number of nitrogen functional groups attached to an aromatic ring is 1. The van der Waals surface area contributed by atoms with Gasteiger partial charge < -0.3 is 34.7 Å². The Hall–Kier alpha value is -3.12. The minimum Gasteiger partial charge on any atom is -0.479 e. The Bertz CT molecular complexity index is 1750. The molecule has 5 rings (SSSR count). The summed E-state index contributed by atoms with van der Waals surface area (Å²) in [4.78, 5) is 25.3. The molecule has 6 atom stereocenters. The molecule has 242 valence electrons. The number of aliphatic hydroxyl groups is 2. The van der Waals surface area contributed by atoms with Gasteiger partial charge in [0.05, 0.1) is 20.3 Å². The number of carbonyl (C=O) groups excluding carboxylic acids is 1. The van der Waals surface area contributed by atoms with Gasteiger partial charge in [0.15, 0.2) is 21.2 Å². The van der Waals surface area contributed by atoms with E-state index < -0.39 is 50.4 Å². The predicted octanol–water partition coefficient (Wildman–Crippen LogP) is 3.32. The van der Waals surface area contributed by atoms with E-state index in [1.807, 2.05) is 47.7 Å². The first-order valence-electron chi connectivity index (χ1n) is 14.1. The van der Waals surface area contributed by atoms with Crippen molar-refractivity contribution in [1.82, 2.24) is 24.6 Å². The minimum absolute atomic E-state index is 0.0980. The topological polar surface area (TPSA) is 202 Å². The Kier molecular flexibility index (Phi) is 9.84. The van der Waals surface area contributed by atoms with Gasteiger partial charge in [0.1, 0.15) is 29.6 Å². The second-order valence-electron chi connectivity index (χ2n) is 10.6. The average Bonchev–Trinajstić information content (AvgIpc) is 3.44. The van der Waals surface area contributed by atoms with Crippen molar-refractivity contribution in [2.75, 3.05) is 26.1 Å². The number of fused-ring (bicyclic) bond motifs is 2. The van der Waals surface area contributed by atoms with Gasteiger partial charge >= 0.3 is 13.7 Å². The van der Waals surface area contributed by atoms with Gasteiger partial charge in [0, 0.05) is 28.0 Å². The molecule has 1 aliphatic heterocycles. The SMILES string of the molecule is CCCOC(=O)[C@H](C)NP(=O)(OC[C@H]1O[C@@H](n2c(I)nc3c(OC)nc(N)nc32)[C@](C)(O)[C@@H]1O)Oc1cccc2ccccc12. The van der Waals surface area contributed by atoms with Crippen LogP contribution in [0.4, 0.5) is 5.95 Å². The summed E-state index contributed by atoms with van der Waals surface area (Å²) < 4.78 is 44.4. The highest BCUT2D eigenvalue weighted by Crippen LogP contribution is 2.49. The van der Waals surface area contributed by atoms with Crippen molar-refractivity contribution in [2.24, 2.45) is 0 Å². The molecule has 45 heavy (non-hydrogen) atoms. The van der Waals surface area contributed by atoms with Gasteiger partial charge in [-0.3, -0.25) is 13.9 Å². The van der Waals surface area contributed by atoms with E-state index in [0.717, 1.165) is 5.39 Å². The van der Waals surface area contributed by atoms with Gasteiger partial charge in [0.2, 0.25) is 11.8 Å². The number of benzene rings is 2. The summed E-state index contributed by atoms with van der Waals surface area (Å²) >= 11 is 1.93. The molecule has 1 aliphatic rings. The van der Waals surface area contributed by atoms with Crippen molar-refractivity contribution in [3.8, 4) is 11.6 Å². The number of nitrogens with zero attached hydrogens (tertiary/aromatic N) is 4. The number of ether oxygens (including phenoxy) is 3. The molecular formula is C28H34IN6O9P. The van der Waals surface area contributed by atoms with Gasteiger partial charge in [-0.15, -0.1) is 0 Å². The van der Waals surface area contributed by atoms with Gasteiger partial charge in [-0.1, -0.05) is 43.3 Å². The number of carbonyl (C=O) groups is 1. The number of nitrogens with one attached hydrogen (secondary N) is 1. The largest absolute Gasteiger partial charge is 0.479 e. The van der Waals surface area contributed by atoms with Crippen molar-refractivity contribution >= 4 is 64.2 Å². The fourth-order valence-corrected chi connectivity index (χ4v) is 7.17. The standard InChI is InChI=1S/C28H34IN6O9P/c1-5-13-41-24(37)15(2)34-45(39,44-18-12-8-10-16-9-6-7-11-17(16)18)42-14-19-21(36)28(3,38)25(43-19)35-22-20(31-26(35)29)23(40-4)33-27(30)32-22/h6-12,15,19,21,25,36,38H,5,13-14H2,1-4H3,(H,34,39)(H2,30,32,33)/t15-,19+,21+,25+,28+,45?/m0/s1. The van der Waals surface area contributed by atoms with Crippen molar-refractivity contribution in [2.45, 2.75) is 57.3 Å². The molecular weight excluding hydrogens is 722 g/mol. The molecule has 0 aliphatic carbocycles. The molecule has 17 heteroatoms. The Morgan fingerprint density at radius 1 is 1.24 bits per heavy atom. The number of rotatable bonds is 12. The van der Waals surface area contributed by atoms with E-state index >= 15 is 0 Å². The third-order valence-corrected chi connectivity index (χ3v) is 9.59. The summed E-state index contributed by atoms with van der Waals surface area (Å²) in [6, 6.07) is 11.5. The minimum atomic E-state index is -4.35. The molecule has 0 radical (unpaired) electrons. The number of aliphatic hydroxyl groups excluding tert-OH is 1. The molecule has 5 N–H and O–H groups in total. The van der Waals surface area contributed by atoms with Crippen LogP contribution in [0.15, 0.2) is 42.5 Å². The molecule has 4 aromatic rings. The lowest BCUT2D eigenvalue weighted by molar-refractivity contribution is -0.145. The zero-order valence-electron chi connectivity index (χ0n) is 24.9. The lowest BCUT2D eigenvalue weighted by Gasteiger charge is -2.28. The lowest BCUT2D eigenvalue weighted by atomic mass is 9.96. The van der Waals surface area contributed by atoms with Crippen LogP contribution in [-0.4, -0.2) is 79.9 Å². The summed E-state index contributed by atoms with van der Waals surface area (Å²) in [5, 5.41) is 26.8. The zero-order valence-corrected chi connectivity index (χ0v) is 28.0. The first-order valence-corrected chi connectivity index (χ1v) is 16.7. The molecule has 0 saturated carbocycles. The monoisotopic (exact) mass is 756 g/mol. The van der Waals surface area contributed by atoms with Crippen molar-refractivity contribution in [3.63, 3.8) is 0 Å². The molecule has 2 aromatic heterocycles. The van der Waals surface area contributed by atoms with E-state index in [0.29, 0.717) is 15.6 Å². The second-order valence-corrected chi connectivity index (χ2v) is 13.3. The number of halogens is 1. The van der Waals surface area contributed by atoms with Crippen LogP contribution in [0.5, 0.6) is 11.6 Å². The van der Waals surface area contributed by atoms with Gasteiger partial charge in [-0.2, -0.15) is 15.1 Å². The van der Waals surface area contributed by atoms with Crippen LogP contribution in [0.1, 0.15) is 33.4 Å². The number of hydrogen-bond donors (Lipinski definition) is 4.